The number of nitrogens with one attached hydrogen (secondary N) is 1. The molecule has 0 fully saturated rings. The number of hydrogen-bond acceptors (Lipinski definition) is 15. The first kappa shape index (κ1) is 49.7. The third-order valence-corrected chi connectivity index (χ3v) is 10.6. The van der Waals surface area contributed by atoms with Crippen LogP contribution in [0.4, 0.5) is 45.5 Å². The van der Waals surface area contributed by atoms with Gasteiger partial charge in [-0.05, 0) is 103 Å². The molecule has 0 bridgehead atoms. The molecule has 0 heterocycles. The molecule has 0 aromatic heterocycles. The first-order valence-electron chi connectivity index (χ1n) is 16.1. The van der Waals surface area contributed by atoms with Gasteiger partial charge in [0.1, 0.15) is 22.0 Å². The number of fused-ring (bicyclic) bond motifs is 1. The van der Waals surface area contributed by atoms with Crippen LogP contribution in [0.2, 0.25) is 0 Å². The zero-order chi connectivity index (χ0) is 41.1. The Labute approximate surface area is 380 Å². The predicted molar refractivity (Wildman–Crippen MR) is 225 cm³/mol. The minimum atomic E-state index is -4.90. The fourth-order valence-electron chi connectivity index (χ4n) is 5.28. The molecule has 6 aromatic rings. The van der Waals surface area contributed by atoms with Gasteiger partial charge in [0.15, 0.2) is 5.75 Å². The van der Waals surface area contributed by atoms with Crippen molar-refractivity contribution in [1.29, 1.82) is 0 Å². The van der Waals surface area contributed by atoms with Crippen molar-refractivity contribution in [2.75, 3.05) is 12.4 Å². The van der Waals surface area contributed by atoms with Crippen molar-refractivity contribution >= 4 is 143 Å². The van der Waals surface area contributed by atoms with E-state index in [1.807, 2.05) is 0 Å². The van der Waals surface area contributed by atoms with Gasteiger partial charge in [-0.3, -0.25) is 13.7 Å². The fourth-order valence-corrected chi connectivity index (χ4v) is 6.98. The van der Waals surface area contributed by atoms with E-state index in [0.29, 0.717) is 39.7 Å². The third kappa shape index (κ3) is 12.2. The molecule has 0 saturated heterocycles. The van der Waals surface area contributed by atoms with Crippen LogP contribution in [-0.4, -0.2) is 108 Å². The van der Waals surface area contributed by atoms with Gasteiger partial charge in [0.25, 0.3) is 30.4 Å². The average Bonchev–Trinajstić information content (AvgIpc) is 3.16. The predicted octanol–water partition coefficient (Wildman–Crippen LogP) is 8.45. The zero-order valence-electron chi connectivity index (χ0n) is 32.4. The maximum atomic E-state index is 12.4. The average molecular weight is 853 g/mol. The zero-order valence-corrected chi connectivity index (χ0v) is 34.9. The van der Waals surface area contributed by atoms with E-state index in [1.165, 1.54) is 73.8 Å². The van der Waals surface area contributed by atoms with Crippen molar-refractivity contribution in [3.63, 3.8) is 0 Å². The van der Waals surface area contributed by atoms with Crippen LogP contribution in [0.1, 0.15) is 5.56 Å². The number of benzene rings is 6. The van der Waals surface area contributed by atoms with Crippen molar-refractivity contribution in [2.24, 2.45) is 30.7 Å². The molecular formula is C36H29Li3N7O11S3. The molecule has 5 N–H and O–H groups in total. The third-order valence-electron chi connectivity index (χ3n) is 8.02. The first-order valence-corrected chi connectivity index (χ1v) is 20.4. The largest absolute Gasteiger partial charge is 0.505 e. The van der Waals surface area contributed by atoms with Crippen molar-refractivity contribution in [1.82, 2.24) is 0 Å². The summed E-state index contributed by atoms with van der Waals surface area (Å²) in [5.41, 5.74) is 2.22. The molecular weight excluding hydrogens is 823 g/mol. The smallest absolute Gasteiger partial charge is 0.296 e. The van der Waals surface area contributed by atoms with Crippen LogP contribution >= 0.6 is 0 Å². The van der Waals surface area contributed by atoms with E-state index in [2.05, 4.69) is 36.0 Å². The van der Waals surface area contributed by atoms with E-state index in [-0.39, 0.29) is 88.5 Å². The van der Waals surface area contributed by atoms with Gasteiger partial charge in [0.05, 0.1) is 39.7 Å². The normalized spacial score (nSPS) is 11.9. The Kier molecular flexibility index (Phi) is 16.8. The van der Waals surface area contributed by atoms with Crippen LogP contribution in [0.25, 0.3) is 10.8 Å². The van der Waals surface area contributed by atoms with Gasteiger partial charge in [0.2, 0.25) is 0 Å². The molecule has 295 valence electrons. The van der Waals surface area contributed by atoms with Gasteiger partial charge >= 0.3 is 0 Å². The summed E-state index contributed by atoms with van der Waals surface area (Å²) in [6.45, 7) is 1.71. The minimum absolute atomic E-state index is 0. The standard InChI is InChI=1S/C36H29N7O11S3.3Li/c1-21-15-26(11-13-31(21)41-42-32-14-12-27(20-33(32)54-2)39-38-25-6-4-8-29(18-25)56(48,49)50)40-43-35-34(57(51,52)53)16-22-9-10-24(19-30(22)36(35)44)37-23-5-3-7-28(17-23)55(45,46)47;;;/h3-20,37,44H,1-2H3,(H,45,46,47)(H,48,49,50)(H,51,52,53);;;. The van der Waals surface area contributed by atoms with E-state index < -0.39 is 46.7 Å². The van der Waals surface area contributed by atoms with E-state index >= 15 is 0 Å². The number of phenolic OH excluding ortho intramolecular Hbond substituents is 1. The van der Waals surface area contributed by atoms with E-state index in [1.54, 1.807) is 37.3 Å². The van der Waals surface area contributed by atoms with Crippen molar-refractivity contribution in [3.8, 4) is 11.5 Å². The van der Waals surface area contributed by atoms with Crippen molar-refractivity contribution in [2.45, 2.75) is 21.6 Å². The maximum Gasteiger partial charge on any atom is 0.296 e. The van der Waals surface area contributed by atoms with Gasteiger partial charge in [-0.25, -0.2) is 0 Å². The number of ether oxygens (including phenoxy) is 1. The van der Waals surface area contributed by atoms with Gasteiger partial charge < -0.3 is 15.2 Å². The molecule has 6 aromatic carbocycles. The number of aromatic hydroxyl groups is 1. The maximum absolute atomic E-state index is 12.4. The Hall–Kier alpha value is -4.70. The quantitative estimate of drug-likeness (QED) is 0.0440. The number of methoxy groups -OCH3 is 1. The van der Waals surface area contributed by atoms with E-state index in [4.69, 9.17) is 4.74 Å². The number of azo groups is 3. The Morgan fingerprint density at radius 3 is 1.72 bits per heavy atom. The SMILES string of the molecule is COc1cc(N=Nc2cccc(S(=O)(=O)O)c2)ccc1N=Nc1ccc(N=Nc2c(S(=O)(=O)O)cc3ccc(Nc4cccc(S(=O)(=O)O)c4)cc3c2O)cc1C.[Li].[Li].[Li]. The minimum Gasteiger partial charge on any atom is -0.505 e. The van der Waals surface area contributed by atoms with Gasteiger partial charge in [-0.1, -0.05) is 18.2 Å². The van der Waals surface area contributed by atoms with Crippen LogP contribution in [0.3, 0.4) is 0 Å². The molecule has 6 rings (SSSR count). The summed E-state index contributed by atoms with van der Waals surface area (Å²) in [5.74, 6) is -0.321. The van der Waals surface area contributed by atoms with Crippen LogP contribution in [-0.2, 0) is 30.4 Å². The Morgan fingerprint density at radius 2 is 1.10 bits per heavy atom. The molecule has 0 saturated carbocycles. The summed E-state index contributed by atoms with van der Waals surface area (Å²) in [6, 6.07) is 25.5. The molecule has 0 aliphatic heterocycles. The topological polar surface area (TPSA) is 279 Å². The first-order chi connectivity index (χ1) is 26.9. The second kappa shape index (κ2) is 20.2. The Bertz CT molecular complexity index is 3010. The van der Waals surface area contributed by atoms with E-state index in [0.717, 1.165) is 12.1 Å². The number of anilines is 2. The summed E-state index contributed by atoms with van der Waals surface area (Å²) in [4.78, 5) is -1.37. The van der Waals surface area contributed by atoms with Crippen molar-refractivity contribution < 1.29 is 48.8 Å². The Morgan fingerprint density at radius 1 is 0.550 bits per heavy atom. The molecule has 0 atom stereocenters. The molecule has 60 heavy (non-hydrogen) atoms. The summed E-state index contributed by atoms with van der Waals surface area (Å²) in [5, 5.41) is 39.2. The monoisotopic (exact) mass is 852 g/mol. The van der Waals surface area contributed by atoms with Crippen molar-refractivity contribution in [3.05, 3.63) is 115 Å². The summed E-state index contributed by atoms with van der Waals surface area (Å²) in [7, 11) is -12.4. The van der Waals surface area contributed by atoms with Gasteiger partial charge in [-0.15, -0.1) is 10.2 Å². The molecule has 3 radical (unpaired) electrons. The van der Waals surface area contributed by atoms with Crippen LogP contribution < -0.4 is 10.1 Å². The molecule has 0 spiro atoms. The number of phenols is 1. The van der Waals surface area contributed by atoms with Gasteiger partial charge in [0, 0.05) is 79.4 Å². The summed E-state index contributed by atoms with van der Waals surface area (Å²) < 4.78 is 105. The number of rotatable bonds is 12. The second-order valence-electron chi connectivity index (χ2n) is 12.0. The number of hydrogen-bond donors (Lipinski definition) is 5. The molecule has 24 heteroatoms. The summed E-state index contributed by atoms with van der Waals surface area (Å²) in [6.07, 6.45) is 0. The molecule has 0 amide bonds. The second-order valence-corrected chi connectivity index (χ2v) is 16.2. The fraction of sp³-hybridized carbons (Fsp3) is 0.0556. The molecule has 0 aliphatic rings. The molecule has 0 aliphatic carbocycles. The summed E-state index contributed by atoms with van der Waals surface area (Å²) >= 11 is 0. The molecule has 18 nitrogen and oxygen atoms in total. The van der Waals surface area contributed by atoms with Gasteiger partial charge in [-0.2, -0.15) is 45.7 Å². The van der Waals surface area contributed by atoms with E-state index in [9.17, 15) is 44.0 Å². The van der Waals surface area contributed by atoms with Crippen LogP contribution in [0.5, 0.6) is 11.5 Å². The van der Waals surface area contributed by atoms with Crippen LogP contribution in [0.15, 0.2) is 155 Å². The molecule has 0 unspecified atom stereocenters. The Balaban J connectivity index is 0.00000320. The number of aryl methyl sites for hydroxylation is 1. The number of nitrogens with zero attached hydrogens (tertiary/aromatic N) is 6. The van der Waals surface area contributed by atoms with Crippen LogP contribution in [0, 0.1) is 6.92 Å².